The second kappa shape index (κ2) is 12.2. The van der Waals surface area contributed by atoms with Crippen LogP contribution in [0, 0.1) is 5.92 Å². The minimum absolute atomic E-state index is 0.00115. The first-order valence-corrected chi connectivity index (χ1v) is 10.0. The average Bonchev–Trinajstić information content (AvgIpc) is 2.73. The first kappa shape index (κ1) is 22.0. The lowest BCUT2D eigenvalue weighted by atomic mass is 9.97. The molecule has 0 radical (unpaired) electrons. The maximum Gasteiger partial charge on any atom is 0.309 e. The molecular weight excluding hydrogens is 358 g/mol. The van der Waals surface area contributed by atoms with E-state index in [2.05, 4.69) is 21.3 Å². The highest BCUT2D eigenvalue weighted by Crippen LogP contribution is 2.19. The number of carbonyl (C=O) groups is 1. The third kappa shape index (κ3) is 7.03. The molecule has 0 amide bonds. The van der Waals surface area contributed by atoms with Gasteiger partial charge in [0.15, 0.2) is 5.96 Å². The van der Waals surface area contributed by atoms with Crippen LogP contribution in [0.4, 0.5) is 0 Å². The van der Waals surface area contributed by atoms with Gasteiger partial charge in [-0.15, -0.1) is 0 Å². The predicted octanol–water partition coefficient (Wildman–Crippen LogP) is 2.45. The summed E-state index contributed by atoms with van der Waals surface area (Å²) in [7, 11) is 3.48. The number of nitrogens with one attached hydrogen (secondary N) is 1. The van der Waals surface area contributed by atoms with Crippen molar-refractivity contribution >= 4 is 11.9 Å². The van der Waals surface area contributed by atoms with Crippen molar-refractivity contribution in [3.63, 3.8) is 0 Å². The summed E-state index contributed by atoms with van der Waals surface area (Å²) < 4.78 is 15.9. The van der Waals surface area contributed by atoms with E-state index in [9.17, 15) is 4.79 Å². The van der Waals surface area contributed by atoms with Crippen LogP contribution in [0.5, 0.6) is 5.75 Å². The second-order valence-electron chi connectivity index (χ2n) is 6.76. The second-order valence-corrected chi connectivity index (χ2v) is 6.76. The zero-order valence-electron chi connectivity index (χ0n) is 17.3. The molecule has 1 fully saturated rings. The summed E-state index contributed by atoms with van der Waals surface area (Å²) in [5, 5.41) is 3.41. The van der Waals surface area contributed by atoms with Gasteiger partial charge in [-0.2, -0.15) is 0 Å². The molecule has 1 aliphatic rings. The van der Waals surface area contributed by atoms with E-state index in [1.807, 2.05) is 25.1 Å². The number of nitrogens with zero attached hydrogens (tertiary/aromatic N) is 2. The Hall–Kier alpha value is -2.28. The van der Waals surface area contributed by atoms with Gasteiger partial charge >= 0.3 is 5.97 Å². The van der Waals surface area contributed by atoms with Crippen molar-refractivity contribution in [3.05, 3.63) is 29.8 Å². The first-order chi connectivity index (χ1) is 13.7. The van der Waals surface area contributed by atoms with E-state index in [-0.39, 0.29) is 11.9 Å². The van der Waals surface area contributed by atoms with E-state index in [0.717, 1.165) is 49.6 Å². The highest BCUT2D eigenvalue weighted by atomic mass is 16.5. The molecule has 7 nitrogen and oxygen atoms in total. The minimum Gasteiger partial charge on any atom is -0.493 e. The Kier molecular flexibility index (Phi) is 9.62. The lowest BCUT2D eigenvalue weighted by molar-refractivity contribution is -0.149. The highest BCUT2D eigenvalue weighted by molar-refractivity contribution is 5.80. The smallest absolute Gasteiger partial charge is 0.309 e. The van der Waals surface area contributed by atoms with Crippen LogP contribution in [-0.4, -0.2) is 63.9 Å². The molecule has 1 heterocycles. The molecule has 1 saturated heterocycles. The van der Waals surface area contributed by atoms with Crippen LogP contribution in [0.15, 0.2) is 29.3 Å². The number of hydrogen-bond donors (Lipinski definition) is 1. The summed E-state index contributed by atoms with van der Waals surface area (Å²) in [5.41, 5.74) is 1.13. The van der Waals surface area contributed by atoms with Crippen molar-refractivity contribution in [2.24, 2.45) is 10.9 Å². The van der Waals surface area contributed by atoms with Gasteiger partial charge in [0, 0.05) is 46.8 Å². The summed E-state index contributed by atoms with van der Waals surface area (Å²) in [5.74, 6) is 1.64. The van der Waals surface area contributed by atoms with Crippen LogP contribution < -0.4 is 10.1 Å². The van der Waals surface area contributed by atoms with Gasteiger partial charge in [0.05, 0.1) is 19.1 Å². The number of likely N-dealkylation sites (tertiary alicyclic amines) is 1. The molecule has 0 aliphatic carbocycles. The maximum atomic E-state index is 11.9. The normalized spacial score (nSPS) is 15.4. The van der Waals surface area contributed by atoms with Crippen LogP contribution in [0.25, 0.3) is 0 Å². The van der Waals surface area contributed by atoms with Crippen molar-refractivity contribution in [1.82, 2.24) is 10.2 Å². The van der Waals surface area contributed by atoms with Crippen LogP contribution in [0.3, 0.4) is 0 Å². The Balaban J connectivity index is 1.80. The summed E-state index contributed by atoms with van der Waals surface area (Å²) in [6.45, 7) is 5.89. The molecule has 2 rings (SSSR count). The van der Waals surface area contributed by atoms with Crippen LogP contribution in [0.2, 0.25) is 0 Å². The SMILES string of the molecule is CCOC(=O)C1CCN(C(=NC)NCc2cccc(OCCCOC)c2)CC1. The fourth-order valence-corrected chi connectivity index (χ4v) is 3.24. The quantitative estimate of drug-likeness (QED) is 0.302. The Labute approximate surface area is 168 Å². The van der Waals surface area contributed by atoms with Crippen molar-refractivity contribution < 1.29 is 19.0 Å². The number of ether oxygens (including phenoxy) is 3. The summed E-state index contributed by atoms with van der Waals surface area (Å²) >= 11 is 0. The molecule has 1 N–H and O–H groups in total. The van der Waals surface area contributed by atoms with Gasteiger partial charge in [-0.05, 0) is 37.5 Å². The van der Waals surface area contributed by atoms with E-state index in [1.165, 1.54) is 0 Å². The molecule has 7 heteroatoms. The van der Waals surface area contributed by atoms with Gasteiger partial charge in [0.2, 0.25) is 0 Å². The molecule has 156 valence electrons. The summed E-state index contributed by atoms with van der Waals surface area (Å²) in [6.07, 6.45) is 2.46. The summed E-state index contributed by atoms with van der Waals surface area (Å²) in [4.78, 5) is 18.5. The number of benzene rings is 1. The molecule has 0 bridgehead atoms. The van der Waals surface area contributed by atoms with E-state index < -0.39 is 0 Å². The van der Waals surface area contributed by atoms with Gasteiger partial charge in [0.1, 0.15) is 5.75 Å². The lowest BCUT2D eigenvalue weighted by Crippen LogP contribution is -2.46. The van der Waals surface area contributed by atoms with Crippen molar-refractivity contribution in [3.8, 4) is 5.75 Å². The Morgan fingerprint density at radius 1 is 1.29 bits per heavy atom. The molecule has 1 aromatic carbocycles. The Morgan fingerprint density at radius 3 is 2.75 bits per heavy atom. The first-order valence-electron chi connectivity index (χ1n) is 10.0. The third-order valence-electron chi connectivity index (χ3n) is 4.74. The number of guanidine groups is 1. The van der Waals surface area contributed by atoms with Gasteiger partial charge in [-0.3, -0.25) is 9.79 Å². The molecule has 0 unspecified atom stereocenters. The molecular formula is C21H33N3O4. The largest absolute Gasteiger partial charge is 0.493 e. The number of carbonyl (C=O) groups excluding carboxylic acids is 1. The monoisotopic (exact) mass is 391 g/mol. The molecule has 0 spiro atoms. The fourth-order valence-electron chi connectivity index (χ4n) is 3.24. The number of piperidine rings is 1. The molecule has 1 aliphatic heterocycles. The number of hydrogen-bond acceptors (Lipinski definition) is 5. The fraction of sp³-hybridized carbons (Fsp3) is 0.619. The minimum atomic E-state index is -0.0765. The topological polar surface area (TPSA) is 72.4 Å². The van der Waals surface area contributed by atoms with E-state index in [1.54, 1.807) is 14.2 Å². The number of methoxy groups -OCH3 is 1. The van der Waals surface area contributed by atoms with Gasteiger partial charge < -0.3 is 24.4 Å². The average molecular weight is 392 g/mol. The molecule has 1 aromatic rings. The number of aliphatic imine (C=N–C) groups is 1. The number of esters is 1. The standard InChI is InChI=1S/C21H33N3O4/c1-4-27-20(25)18-9-11-24(12-10-18)21(22-2)23-16-17-7-5-8-19(15-17)28-14-6-13-26-3/h5,7-8,15,18H,4,6,9-14,16H2,1-3H3,(H,22,23). The van der Waals surface area contributed by atoms with E-state index in [0.29, 0.717) is 26.4 Å². The van der Waals surface area contributed by atoms with E-state index in [4.69, 9.17) is 14.2 Å². The lowest BCUT2D eigenvalue weighted by Gasteiger charge is -2.33. The Bertz CT molecular complexity index is 628. The van der Waals surface area contributed by atoms with Crippen LogP contribution >= 0.6 is 0 Å². The highest BCUT2D eigenvalue weighted by Gasteiger charge is 2.27. The zero-order chi connectivity index (χ0) is 20.2. The van der Waals surface area contributed by atoms with Crippen LogP contribution in [-0.2, 0) is 20.8 Å². The number of rotatable bonds is 9. The van der Waals surface area contributed by atoms with Crippen molar-refractivity contribution in [1.29, 1.82) is 0 Å². The van der Waals surface area contributed by atoms with Gasteiger partial charge in [-0.25, -0.2) is 0 Å². The Morgan fingerprint density at radius 2 is 2.07 bits per heavy atom. The van der Waals surface area contributed by atoms with Crippen LogP contribution in [0.1, 0.15) is 31.7 Å². The molecule has 28 heavy (non-hydrogen) atoms. The third-order valence-corrected chi connectivity index (χ3v) is 4.74. The van der Waals surface area contributed by atoms with Gasteiger partial charge in [-0.1, -0.05) is 12.1 Å². The van der Waals surface area contributed by atoms with E-state index >= 15 is 0 Å². The molecule has 0 atom stereocenters. The molecule has 0 aromatic heterocycles. The van der Waals surface area contributed by atoms with Gasteiger partial charge in [0.25, 0.3) is 0 Å². The predicted molar refractivity (Wildman–Crippen MR) is 110 cm³/mol. The molecule has 0 saturated carbocycles. The van der Waals surface area contributed by atoms with Crippen molar-refractivity contribution in [2.75, 3.05) is 47.1 Å². The summed E-state index contributed by atoms with van der Waals surface area (Å²) in [6, 6.07) is 8.07. The zero-order valence-corrected chi connectivity index (χ0v) is 17.3. The van der Waals surface area contributed by atoms with Crippen molar-refractivity contribution in [2.45, 2.75) is 32.7 Å². The maximum absolute atomic E-state index is 11.9.